The van der Waals surface area contributed by atoms with Gasteiger partial charge in [0.15, 0.2) is 0 Å². The molecule has 0 N–H and O–H groups in total. The van der Waals surface area contributed by atoms with Crippen LogP contribution in [0.1, 0.15) is 95.0 Å². The van der Waals surface area contributed by atoms with Gasteiger partial charge in [-0.1, -0.05) is 77.8 Å². The van der Waals surface area contributed by atoms with E-state index in [-0.39, 0.29) is 5.97 Å². The van der Waals surface area contributed by atoms with E-state index in [0.29, 0.717) is 12.2 Å². The Hall–Kier alpha value is -1.31. The Morgan fingerprint density at radius 1 is 0.826 bits per heavy atom. The second kappa shape index (κ2) is 15.6. The summed E-state index contributed by atoms with van der Waals surface area (Å²) in [6.45, 7) is 8.51. The van der Waals surface area contributed by atoms with E-state index in [1.807, 2.05) is 45.0 Å². The van der Waals surface area contributed by atoms with Crippen LogP contribution in [0.2, 0.25) is 0 Å². The molecular formula is C21H36O2. The van der Waals surface area contributed by atoms with Gasteiger partial charge in [0.1, 0.15) is 0 Å². The topological polar surface area (TPSA) is 26.3 Å². The number of carbonyl (C=O) groups excluding carboxylic acids is 1. The first kappa shape index (κ1) is 21.7. The van der Waals surface area contributed by atoms with Crippen LogP contribution in [0.3, 0.4) is 0 Å². The van der Waals surface area contributed by atoms with Crippen LogP contribution in [0.25, 0.3) is 0 Å². The Labute approximate surface area is 143 Å². The minimum Gasteiger partial charge on any atom is -0.462 e. The number of esters is 1. The highest BCUT2D eigenvalue weighted by molar-refractivity contribution is 5.89. The van der Waals surface area contributed by atoms with E-state index in [0.717, 1.165) is 6.42 Å². The molecule has 0 aromatic heterocycles. The molecule has 0 aliphatic heterocycles. The van der Waals surface area contributed by atoms with Gasteiger partial charge in [-0.3, -0.25) is 0 Å². The number of benzene rings is 1. The molecule has 1 aromatic rings. The van der Waals surface area contributed by atoms with Gasteiger partial charge in [0, 0.05) is 0 Å². The van der Waals surface area contributed by atoms with Crippen LogP contribution in [0, 0.1) is 0 Å². The predicted octanol–water partition coefficient (Wildman–Crippen LogP) is 6.57. The summed E-state index contributed by atoms with van der Waals surface area (Å²) < 4.78 is 4.98. The lowest BCUT2D eigenvalue weighted by Gasteiger charge is -2.05. The van der Waals surface area contributed by atoms with Gasteiger partial charge in [-0.15, -0.1) is 0 Å². The molecule has 1 aromatic carbocycles. The molecule has 0 aliphatic carbocycles. The highest BCUT2D eigenvalue weighted by Gasteiger charge is 2.05. The number of hydrogen-bond donors (Lipinski definition) is 0. The number of ether oxygens (including phenoxy) is 1. The second-order valence-electron chi connectivity index (χ2n) is 5.64. The average molecular weight is 321 g/mol. The van der Waals surface area contributed by atoms with Crippen LogP contribution in [0.5, 0.6) is 0 Å². The average Bonchev–Trinajstić information content (AvgIpc) is 2.60. The first-order valence-corrected chi connectivity index (χ1v) is 9.54. The number of rotatable bonds is 11. The van der Waals surface area contributed by atoms with Gasteiger partial charge < -0.3 is 4.74 Å². The van der Waals surface area contributed by atoms with Crippen molar-refractivity contribution in [1.82, 2.24) is 0 Å². The minimum absolute atomic E-state index is 0.226. The lowest BCUT2D eigenvalue weighted by molar-refractivity contribution is 0.0526. The van der Waals surface area contributed by atoms with E-state index in [9.17, 15) is 4.79 Å². The van der Waals surface area contributed by atoms with Crippen molar-refractivity contribution in [2.45, 2.75) is 85.5 Å². The third-order valence-corrected chi connectivity index (χ3v) is 3.78. The van der Waals surface area contributed by atoms with Gasteiger partial charge >= 0.3 is 5.97 Å². The molecule has 0 fully saturated rings. The maximum atomic E-state index is 11.5. The van der Waals surface area contributed by atoms with Crippen molar-refractivity contribution in [3.05, 3.63) is 35.4 Å². The third-order valence-electron chi connectivity index (χ3n) is 3.78. The second-order valence-corrected chi connectivity index (χ2v) is 5.64. The van der Waals surface area contributed by atoms with Crippen LogP contribution in [-0.4, -0.2) is 12.6 Å². The number of hydrogen-bond acceptors (Lipinski definition) is 2. The summed E-state index contributed by atoms with van der Waals surface area (Å²) in [5, 5.41) is 0. The quantitative estimate of drug-likeness (QED) is 0.340. The van der Waals surface area contributed by atoms with Crippen molar-refractivity contribution in [3.63, 3.8) is 0 Å². The van der Waals surface area contributed by atoms with Gasteiger partial charge in [0.2, 0.25) is 0 Å². The Bertz CT molecular complexity index is 381. The largest absolute Gasteiger partial charge is 0.462 e. The van der Waals surface area contributed by atoms with Crippen LogP contribution in [0.15, 0.2) is 24.3 Å². The summed E-state index contributed by atoms with van der Waals surface area (Å²) in [7, 11) is 0. The fraction of sp³-hybridized carbons (Fsp3) is 0.667. The Morgan fingerprint density at radius 2 is 1.35 bits per heavy atom. The van der Waals surface area contributed by atoms with Crippen molar-refractivity contribution in [1.29, 1.82) is 0 Å². The normalized spacial score (nSPS) is 9.91. The third kappa shape index (κ3) is 11.0. The van der Waals surface area contributed by atoms with E-state index in [2.05, 4.69) is 6.92 Å². The summed E-state index contributed by atoms with van der Waals surface area (Å²) in [5.74, 6) is -0.226. The maximum absolute atomic E-state index is 11.5. The summed E-state index contributed by atoms with van der Waals surface area (Å²) in [6, 6.07) is 7.84. The Balaban J connectivity index is 0.00000232. The van der Waals surface area contributed by atoms with E-state index in [4.69, 9.17) is 4.74 Å². The molecule has 2 heteroatoms. The van der Waals surface area contributed by atoms with E-state index >= 15 is 0 Å². The molecule has 0 amide bonds. The summed E-state index contributed by atoms with van der Waals surface area (Å²) >= 11 is 0. The van der Waals surface area contributed by atoms with E-state index < -0.39 is 0 Å². The molecular weight excluding hydrogens is 284 g/mol. The summed E-state index contributed by atoms with van der Waals surface area (Å²) in [5.41, 5.74) is 1.96. The van der Waals surface area contributed by atoms with Crippen molar-refractivity contribution in [2.75, 3.05) is 6.61 Å². The van der Waals surface area contributed by atoms with Gasteiger partial charge in [0.05, 0.1) is 12.2 Å². The van der Waals surface area contributed by atoms with E-state index in [1.54, 1.807) is 0 Å². The van der Waals surface area contributed by atoms with Crippen LogP contribution >= 0.6 is 0 Å². The lowest BCUT2D eigenvalue weighted by Crippen LogP contribution is -2.04. The fourth-order valence-corrected chi connectivity index (χ4v) is 2.48. The van der Waals surface area contributed by atoms with Crippen LogP contribution in [0.4, 0.5) is 0 Å². The zero-order valence-corrected chi connectivity index (χ0v) is 15.7. The van der Waals surface area contributed by atoms with Crippen molar-refractivity contribution in [3.8, 4) is 0 Å². The molecule has 0 heterocycles. The van der Waals surface area contributed by atoms with Gasteiger partial charge in [-0.05, 0) is 37.5 Å². The first-order chi connectivity index (χ1) is 11.3. The first-order valence-electron chi connectivity index (χ1n) is 9.54. The molecule has 132 valence electrons. The molecule has 0 radical (unpaired) electrons. The molecule has 0 saturated heterocycles. The maximum Gasteiger partial charge on any atom is 0.338 e. The van der Waals surface area contributed by atoms with Gasteiger partial charge in [0.25, 0.3) is 0 Å². The zero-order valence-electron chi connectivity index (χ0n) is 15.7. The molecule has 2 nitrogen and oxygen atoms in total. The Morgan fingerprint density at radius 3 is 1.87 bits per heavy atom. The minimum atomic E-state index is -0.226. The SMILES string of the molecule is CC.CCCCCCCCCCc1ccc(C(=O)OCC)cc1. The van der Waals surface area contributed by atoms with Crippen LogP contribution in [-0.2, 0) is 11.2 Å². The smallest absolute Gasteiger partial charge is 0.338 e. The summed E-state index contributed by atoms with van der Waals surface area (Å²) in [6.07, 6.45) is 11.9. The predicted molar refractivity (Wildman–Crippen MR) is 100 cm³/mol. The molecule has 1 rings (SSSR count). The highest BCUT2D eigenvalue weighted by Crippen LogP contribution is 2.12. The van der Waals surface area contributed by atoms with Crippen molar-refractivity contribution >= 4 is 5.97 Å². The van der Waals surface area contributed by atoms with Gasteiger partial charge in [-0.2, -0.15) is 0 Å². The molecule has 0 atom stereocenters. The number of carbonyl (C=O) groups is 1. The van der Waals surface area contributed by atoms with E-state index in [1.165, 1.54) is 56.9 Å². The zero-order chi connectivity index (χ0) is 17.3. The number of unbranched alkanes of at least 4 members (excludes halogenated alkanes) is 7. The molecule has 0 aliphatic rings. The van der Waals surface area contributed by atoms with Crippen LogP contribution < -0.4 is 0 Å². The lowest BCUT2D eigenvalue weighted by atomic mass is 10.0. The Kier molecular flexibility index (Phi) is 14.7. The molecule has 23 heavy (non-hydrogen) atoms. The molecule has 0 unspecified atom stereocenters. The van der Waals surface area contributed by atoms with Crippen molar-refractivity contribution < 1.29 is 9.53 Å². The fourth-order valence-electron chi connectivity index (χ4n) is 2.48. The summed E-state index contributed by atoms with van der Waals surface area (Å²) in [4.78, 5) is 11.5. The van der Waals surface area contributed by atoms with Crippen molar-refractivity contribution in [2.24, 2.45) is 0 Å². The molecule has 0 spiro atoms. The number of aryl methyl sites for hydroxylation is 1. The molecule has 0 bridgehead atoms. The standard InChI is InChI=1S/C19H30O2.C2H6/c1-3-5-6-7-8-9-10-11-12-17-13-15-18(16-14-17)19(20)21-4-2;1-2/h13-16H,3-12H2,1-2H3;1-2H3. The van der Waals surface area contributed by atoms with Gasteiger partial charge in [-0.25, -0.2) is 4.79 Å². The monoisotopic (exact) mass is 320 g/mol. The highest BCUT2D eigenvalue weighted by atomic mass is 16.5. The molecule has 0 saturated carbocycles.